The number of carbonyl (C=O) groups excluding carboxylic acids is 1. The van der Waals surface area contributed by atoms with Gasteiger partial charge in [-0.3, -0.25) is 9.32 Å². The number of nitrogens with two attached hydrogens (primary N) is 1. The fourth-order valence-electron chi connectivity index (χ4n) is 5.38. The van der Waals surface area contributed by atoms with E-state index in [1.807, 2.05) is 6.07 Å². The number of nitrogen functional groups attached to an aromatic ring is 1. The van der Waals surface area contributed by atoms with Crippen LogP contribution >= 0.6 is 7.75 Å². The van der Waals surface area contributed by atoms with Crippen LogP contribution < -0.4 is 15.3 Å². The van der Waals surface area contributed by atoms with E-state index in [-0.39, 0.29) is 30.7 Å². The first-order valence-electron chi connectivity index (χ1n) is 16.1. The van der Waals surface area contributed by atoms with Crippen molar-refractivity contribution in [2.45, 2.75) is 95.0 Å². The van der Waals surface area contributed by atoms with Gasteiger partial charge in [0.05, 0.1) is 5.69 Å². The molecule has 2 aromatic heterocycles. The highest BCUT2D eigenvalue weighted by Crippen LogP contribution is 2.48. The van der Waals surface area contributed by atoms with Crippen LogP contribution in [-0.2, 0) is 23.4 Å². The molecule has 5 N–H and O–H groups in total. The molecule has 0 radical (unpaired) electrons. The minimum Gasteiger partial charge on any atom is -0.464 e. The Balaban J connectivity index is 1.32. The SMILES string of the molecule is CCCCCCCCCCCC(=O)OCCNP(=O)(OC[C@@]1(C#N)O[C@@H](c2ccc3c(N)ncnn23)[C@H](O)[C@@H]1O)Oc1ccccc1. The summed E-state index contributed by atoms with van der Waals surface area (Å²) in [4.78, 5) is 16.2. The Bertz CT molecular complexity index is 1520. The molecule has 0 amide bonds. The third-order valence-electron chi connectivity index (χ3n) is 8.01. The van der Waals surface area contributed by atoms with Crippen LogP contribution in [0, 0.1) is 11.3 Å². The molecule has 256 valence electrons. The number of nitrogens with one attached hydrogen (secondary N) is 1. The van der Waals surface area contributed by atoms with Gasteiger partial charge in [0.15, 0.2) is 5.82 Å². The molecule has 1 aliphatic rings. The van der Waals surface area contributed by atoms with Crippen LogP contribution in [0.1, 0.15) is 82.9 Å². The lowest BCUT2D eigenvalue weighted by molar-refractivity contribution is -0.143. The number of ether oxygens (including phenoxy) is 2. The van der Waals surface area contributed by atoms with Crippen molar-refractivity contribution >= 4 is 25.1 Å². The van der Waals surface area contributed by atoms with Gasteiger partial charge in [-0.25, -0.2) is 19.2 Å². The number of nitriles is 1. The lowest BCUT2D eigenvalue weighted by atomic mass is 9.96. The summed E-state index contributed by atoms with van der Waals surface area (Å²) in [7, 11) is -4.23. The van der Waals surface area contributed by atoms with Gasteiger partial charge in [0, 0.05) is 13.0 Å². The molecule has 1 unspecified atom stereocenters. The maximum atomic E-state index is 13.9. The van der Waals surface area contributed by atoms with Crippen molar-refractivity contribution in [2.75, 3.05) is 25.5 Å². The van der Waals surface area contributed by atoms with Gasteiger partial charge in [0.1, 0.15) is 55.2 Å². The number of fused-ring (bicyclic) bond motifs is 1. The van der Waals surface area contributed by atoms with E-state index in [2.05, 4.69) is 22.1 Å². The number of nitrogens with zero attached hydrogens (tertiary/aromatic N) is 4. The van der Waals surface area contributed by atoms with E-state index >= 15 is 0 Å². The lowest BCUT2D eigenvalue weighted by Crippen LogP contribution is -2.46. The average Bonchev–Trinajstić information content (AvgIpc) is 3.61. The molecule has 4 rings (SSSR count). The van der Waals surface area contributed by atoms with E-state index in [9.17, 15) is 24.8 Å². The van der Waals surface area contributed by atoms with Crippen molar-refractivity contribution in [3.63, 3.8) is 0 Å². The normalized spacial score (nSPS) is 22.1. The second-order valence-corrected chi connectivity index (χ2v) is 13.3. The molecule has 0 spiro atoms. The topological polar surface area (TPSA) is 204 Å². The molecule has 3 heterocycles. The summed E-state index contributed by atoms with van der Waals surface area (Å²) in [5.74, 6) is 0.0400. The van der Waals surface area contributed by atoms with E-state index in [1.165, 1.54) is 49.4 Å². The Morgan fingerprint density at radius 2 is 1.81 bits per heavy atom. The van der Waals surface area contributed by atoms with Crippen LogP contribution in [0.4, 0.5) is 5.82 Å². The molecule has 1 aromatic carbocycles. The number of benzene rings is 1. The molecule has 15 heteroatoms. The number of rotatable bonds is 20. The molecule has 1 saturated heterocycles. The summed E-state index contributed by atoms with van der Waals surface area (Å²) in [6.07, 6.45) is 7.21. The minimum absolute atomic E-state index is 0.0842. The number of hydrogen-bond donors (Lipinski definition) is 4. The van der Waals surface area contributed by atoms with Crippen LogP contribution in [0.5, 0.6) is 5.75 Å². The number of aliphatic hydroxyl groups is 2. The Labute approximate surface area is 274 Å². The smallest absolute Gasteiger partial charge is 0.458 e. The summed E-state index contributed by atoms with van der Waals surface area (Å²) >= 11 is 0. The number of esters is 1. The largest absolute Gasteiger partial charge is 0.464 e. The zero-order valence-electron chi connectivity index (χ0n) is 26.7. The van der Waals surface area contributed by atoms with E-state index in [0.717, 1.165) is 19.3 Å². The van der Waals surface area contributed by atoms with Crippen molar-refractivity contribution < 1.29 is 38.1 Å². The first-order chi connectivity index (χ1) is 22.7. The molecule has 14 nitrogen and oxygen atoms in total. The zero-order valence-corrected chi connectivity index (χ0v) is 27.6. The van der Waals surface area contributed by atoms with Crippen molar-refractivity contribution in [3.8, 4) is 11.8 Å². The number of aromatic nitrogens is 3. The first kappa shape index (κ1) is 36.3. The number of anilines is 1. The summed E-state index contributed by atoms with van der Waals surface area (Å²) in [6, 6.07) is 13.3. The predicted octanol–water partition coefficient (Wildman–Crippen LogP) is 4.62. The molecule has 1 fully saturated rings. The molecule has 47 heavy (non-hydrogen) atoms. The maximum Gasteiger partial charge on any atom is 0.458 e. The summed E-state index contributed by atoms with van der Waals surface area (Å²) < 4.78 is 37.8. The predicted molar refractivity (Wildman–Crippen MR) is 173 cm³/mol. The highest BCUT2D eigenvalue weighted by molar-refractivity contribution is 7.52. The van der Waals surface area contributed by atoms with Gasteiger partial charge in [-0.15, -0.1) is 0 Å². The summed E-state index contributed by atoms with van der Waals surface area (Å²) in [5.41, 5.74) is 4.53. The molecule has 0 bridgehead atoms. The number of carbonyl (C=O) groups is 1. The zero-order chi connectivity index (χ0) is 33.7. The Morgan fingerprint density at radius 3 is 2.51 bits per heavy atom. The van der Waals surface area contributed by atoms with Crippen molar-refractivity contribution in [3.05, 3.63) is 54.5 Å². The molecular formula is C32H45N6O8P. The highest BCUT2D eigenvalue weighted by Gasteiger charge is 2.57. The van der Waals surface area contributed by atoms with Crippen LogP contribution in [0.25, 0.3) is 5.52 Å². The van der Waals surface area contributed by atoms with E-state index in [0.29, 0.717) is 17.6 Å². The standard InChI is InChI=1S/C32H45N6O8P/c1-2-3-4-5-6-7-8-9-13-16-27(39)43-20-19-37-47(42,46-24-14-11-10-12-15-24)44-22-32(21-33)30(41)28(40)29(45-32)25-17-18-26-31(34)35-23-36-38(25)26/h10-12,14-15,17-18,23,28-30,40-41H,2-9,13,16,19-20,22H2,1H3,(H,37,42)(H2,34,35,36)/t28-,29-,30-,32+,47?/m0/s1. The molecule has 0 saturated carbocycles. The van der Waals surface area contributed by atoms with Crippen molar-refractivity contribution in [1.82, 2.24) is 19.7 Å². The monoisotopic (exact) mass is 672 g/mol. The van der Waals surface area contributed by atoms with Gasteiger partial charge in [-0.2, -0.15) is 10.4 Å². The fraction of sp³-hybridized carbons (Fsp3) is 0.562. The van der Waals surface area contributed by atoms with Gasteiger partial charge >= 0.3 is 13.7 Å². The van der Waals surface area contributed by atoms with Gasteiger partial charge < -0.3 is 29.9 Å². The quantitative estimate of drug-likeness (QED) is 0.0736. The number of hydrogen-bond acceptors (Lipinski definition) is 12. The molecular weight excluding hydrogens is 627 g/mol. The molecule has 5 atom stereocenters. The lowest BCUT2D eigenvalue weighted by Gasteiger charge is -2.27. The van der Waals surface area contributed by atoms with Crippen molar-refractivity contribution in [1.29, 1.82) is 5.26 Å². The minimum atomic E-state index is -4.23. The average molecular weight is 673 g/mol. The van der Waals surface area contributed by atoms with Crippen LogP contribution in [0.3, 0.4) is 0 Å². The third kappa shape index (κ3) is 9.73. The van der Waals surface area contributed by atoms with Crippen molar-refractivity contribution in [2.24, 2.45) is 0 Å². The van der Waals surface area contributed by atoms with Gasteiger partial charge in [-0.1, -0.05) is 76.5 Å². The maximum absolute atomic E-state index is 13.9. The third-order valence-corrected chi connectivity index (χ3v) is 9.54. The summed E-state index contributed by atoms with van der Waals surface area (Å²) in [5, 5.41) is 38.8. The molecule has 0 aliphatic carbocycles. The van der Waals surface area contributed by atoms with E-state index in [4.69, 9.17) is 24.3 Å². The second kappa shape index (κ2) is 17.5. The van der Waals surface area contributed by atoms with Gasteiger partial charge in [0.25, 0.3) is 0 Å². The number of aliphatic hydroxyl groups excluding tert-OH is 2. The van der Waals surface area contributed by atoms with Crippen LogP contribution in [0.15, 0.2) is 48.8 Å². The second-order valence-electron chi connectivity index (χ2n) is 11.6. The van der Waals surface area contributed by atoms with E-state index < -0.39 is 38.3 Å². The number of unbranched alkanes of at least 4 members (excludes halogenated alkanes) is 8. The highest BCUT2D eigenvalue weighted by atomic mass is 31.2. The van der Waals surface area contributed by atoms with E-state index in [1.54, 1.807) is 42.5 Å². The summed E-state index contributed by atoms with van der Waals surface area (Å²) in [6.45, 7) is 1.27. The van der Waals surface area contributed by atoms with Crippen LogP contribution in [-0.4, -0.2) is 68.3 Å². The first-order valence-corrected chi connectivity index (χ1v) is 17.7. The Morgan fingerprint density at radius 1 is 1.11 bits per heavy atom. The molecule has 3 aromatic rings. The number of para-hydroxylation sites is 1. The van der Waals surface area contributed by atoms with Crippen LogP contribution in [0.2, 0.25) is 0 Å². The molecule has 1 aliphatic heterocycles. The fourth-order valence-corrected chi connectivity index (χ4v) is 6.71. The van der Waals surface area contributed by atoms with Gasteiger partial charge in [-0.05, 0) is 30.7 Å². The Hall–Kier alpha value is -3.57. The van der Waals surface area contributed by atoms with Gasteiger partial charge in [0.2, 0.25) is 5.60 Å². The Kier molecular flexibility index (Phi) is 13.5.